The van der Waals surface area contributed by atoms with Crippen LogP contribution >= 0.6 is 0 Å². The molecule has 0 aliphatic rings. The fourth-order valence-electron chi connectivity index (χ4n) is 1.79. The zero-order valence-electron chi connectivity index (χ0n) is 12.5. The van der Waals surface area contributed by atoms with Gasteiger partial charge in [0.1, 0.15) is 6.10 Å². The minimum absolute atomic E-state index is 0.299. The second kappa shape index (κ2) is 10.8. The van der Waals surface area contributed by atoms with Gasteiger partial charge in [-0.3, -0.25) is 0 Å². The highest BCUT2D eigenvalue weighted by Crippen LogP contribution is 2.14. The van der Waals surface area contributed by atoms with Crippen molar-refractivity contribution in [2.24, 2.45) is 0 Å². The topological polar surface area (TPSA) is 47.9 Å². The van der Waals surface area contributed by atoms with E-state index in [0.717, 1.165) is 18.4 Å². The third kappa shape index (κ3) is 7.01. The third-order valence-corrected chi connectivity index (χ3v) is 3.06. The first-order chi connectivity index (χ1) is 9.77. The number of hydrogen-bond donors (Lipinski definition) is 1. The van der Waals surface area contributed by atoms with Gasteiger partial charge < -0.3 is 19.3 Å². The van der Waals surface area contributed by atoms with E-state index in [1.807, 2.05) is 24.3 Å². The second-order valence-corrected chi connectivity index (χ2v) is 4.64. The van der Waals surface area contributed by atoms with Gasteiger partial charge in [0.15, 0.2) is 0 Å². The summed E-state index contributed by atoms with van der Waals surface area (Å²) in [6, 6.07) is 7.98. The Morgan fingerprint density at radius 2 is 1.70 bits per heavy atom. The normalized spacial score (nSPS) is 12.6. The van der Waals surface area contributed by atoms with Crippen molar-refractivity contribution >= 4 is 0 Å². The van der Waals surface area contributed by atoms with Crippen molar-refractivity contribution < 1.29 is 19.3 Å². The number of hydrogen-bond acceptors (Lipinski definition) is 4. The fourth-order valence-corrected chi connectivity index (χ4v) is 1.79. The lowest BCUT2D eigenvalue weighted by Gasteiger charge is -2.12. The van der Waals surface area contributed by atoms with E-state index in [1.165, 1.54) is 5.56 Å². The van der Waals surface area contributed by atoms with Crippen molar-refractivity contribution in [3.8, 4) is 0 Å². The Bertz CT molecular complexity index is 337. The van der Waals surface area contributed by atoms with Gasteiger partial charge in [-0.05, 0) is 24.0 Å². The van der Waals surface area contributed by atoms with E-state index < -0.39 is 6.10 Å². The molecule has 0 saturated heterocycles. The van der Waals surface area contributed by atoms with Crippen molar-refractivity contribution in [2.75, 3.05) is 40.1 Å². The summed E-state index contributed by atoms with van der Waals surface area (Å²) in [4.78, 5) is 0. The van der Waals surface area contributed by atoms with Gasteiger partial charge >= 0.3 is 0 Å². The van der Waals surface area contributed by atoms with Crippen LogP contribution in [0.4, 0.5) is 0 Å². The lowest BCUT2D eigenvalue weighted by molar-refractivity contribution is 0.000497. The molecular weight excluding hydrogens is 256 g/mol. The first-order valence-corrected chi connectivity index (χ1v) is 7.19. The summed E-state index contributed by atoms with van der Waals surface area (Å²) in [6.07, 6.45) is 1.32. The monoisotopic (exact) mass is 282 g/mol. The Hall–Kier alpha value is -0.940. The fraction of sp³-hybridized carbons (Fsp3) is 0.625. The maximum atomic E-state index is 9.97. The molecule has 1 N–H and O–H groups in total. The smallest absolute Gasteiger partial charge is 0.102 e. The number of methoxy groups -OCH3 is 1. The van der Waals surface area contributed by atoms with Gasteiger partial charge in [0.25, 0.3) is 0 Å². The molecule has 1 aromatic rings. The molecule has 0 saturated carbocycles. The van der Waals surface area contributed by atoms with Gasteiger partial charge in [-0.15, -0.1) is 0 Å². The Labute approximate surface area is 121 Å². The molecule has 1 atom stereocenters. The van der Waals surface area contributed by atoms with E-state index in [0.29, 0.717) is 33.0 Å². The molecule has 20 heavy (non-hydrogen) atoms. The minimum atomic E-state index is -0.575. The van der Waals surface area contributed by atoms with Gasteiger partial charge in [-0.2, -0.15) is 0 Å². The van der Waals surface area contributed by atoms with Crippen LogP contribution in [0, 0.1) is 0 Å². The predicted molar refractivity (Wildman–Crippen MR) is 78.9 cm³/mol. The highest BCUT2D eigenvalue weighted by atomic mass is 16.5. The highest BCUT2D eigenvalue weighted by Gasteiger charge is 2.07. The maximum Gasteiger partial charge on any atom is 0.102 e. The van der Waals surface area contributed by atoms with Crippen molar-refractivity contribution in [1.29, 1.82) is 0 Å². The maximum absolute atomic E-state index is 9.97. The Kier molecular flexibility index (Phi) is 9.24. The van der Waals surface area contributed by atoms with Crippen LogP contribution in [0.3, 0.4) is 0 Å². The minimum Gasteiger partial charge on any atom is -0.386 e. The van der Waals surface area contributed by atoms with Crippen LogP contribution < -0.4 is 0 Å². The third-order valence-electron chi connectivity index (χ3n) is 3.06. The van der Waals surface area contributed by atoms with E-state index in [2.05, 4.69) is 6.92 Å². The molecule has 0 bridgehead atoms. The number of aryl methyl sites for hydroxylation is 1. The van der Waals surface area contributed by atoms with Gasteiger partial charge in [0, 0.05) is 20.3 Å². The second-order valence-electron chi connectivity index (χ2n) is 4.64. The number of aliphatic hydroxyl groups excluding tert-OH is 1. The molecule has 0 amide bonds. The van der Waals surface area contributed by atoms with Crippen LogP contribution in [0.15, 0.2) is 24.3 Å². The van der Waals surface area contributed by atoms with Gasteiger partial charge in [-0.1, -0.05) is 31.2 Å². The summed E-state index contributed by atoms with van der Waals surface area (Å²) in [5.74, 6) is 0. The van der Waals surface area contributed by atoms with E-state index in [9.17, 15) is 5.11 Å². The lowest BCUT2D eigenvalue weighted by Crippen LogP contribution is -2.12. The number of aliphatic hydroxyl groups is 1. The number of rotatable bonds is 11. The van der Waals surface area contributed by atoms with E-state index >= 15 is 0 Å². The largest absolute Gasteiger partial charge is 0.386 e. The Morgan fingerprint density at radius 1 is 1.00 bits per heavy atom. The van der Waals surface area contributed by atoms with E-state index in [1.54, 1.807) is 7.11 Å². The molecule has 4 nitrogen and oxygen atoms in total. The van der Waals surface area contributed by atoms with Crippen molar-refractivity contribution in [1.82, 2.24) is 0 Å². The molecule has 1 unspecified atom stereocenters. The molecule has 0 aliphatic carbocycles. The molecule has 1 rings (SSSR count). The summed E-state index contributed by atoms with van der Waals surface area (Å²) in [5.41, 5.74) is 2.16. The summed E-state index contributed by atoms with van der Waals surface area (Å²) in [6.45, 7) is 4.85. The predicted octanol–water partition coefficient (Wildman–Crippen LogP) is 2.35. The Morgan fingerprint density at radius 3 is 2.35 bits per heavy atom. The van der Waals surface area contributed by atoms with Crippen LogP contribution in [0.1, 0.15) is 30.6 Å². The first-order valence-electron chi connectivity index (χ1n) is 7.19. The molecule has 114 valence electrons. The lowest BCUT2D eigenvalue weighted by atomic mass is 10.1. The van der Waals surface area contributed by atoms with Crippen LogP contribution in [-0.4, -0.2) is 45.3 Å². The highest BCUT2D eigenvalue weighted by molar-refractivity contribution is 5.24. The molecule has 0 heterocycles. The molecule has 1 aromatic carbocycles. The quantitative estimate of drug-likeness (QED) is 0.633. The number of ether oxygens (including phenoxy) is 3. The van der Waals surface area contributed by atoms with Gasteiger partial charge in [0.05, 0.1) is 19.8 Å². The van der Waals surface area contributed by atoms with Gasteiger partial charge in [-0.25, -0.2) is 0 Å². The molecule has 0 spiro atoms. The average Bonchev–Trinajstić information content (AvgIpc) is 2.50. The van der Waals surface area contributed by atoms with Crippen LogP contribution in [-0.2, 0) is 20.6 Å². The molecule has 0 aromatic heterocycles. The van der Waals surface area contributed by atoms with Gasteiger partial charge in [0.2, 0.25) is 0 Å². The Balaban J connectivity index is 2.08. The van der Waals surface area contributed by atoms with Crippen LogP contribution in [0.5, 0.6) is 0 Å². The molecule has 0 fully saturated rings. The molecule has 4 heteroatoms. The van der Waals surface area contributed by atoms with Crippen LogP contribution in [0.2, 0.25) is 0 Å². The molecule has 0 radical (unpaired) electrons. The molecular formula is C16H26O4. The number of benzene rings is 1. The summed E-state index contributed by atoms with van der Waals surface area (Å²) >= 11 is 0. The molecule has 0 aliphatic heterocycles. The summed E-state index contributed by atoms with van der Waals surface area (Å²) in [7, 11) is 1.68. The standard InChI is InChI=1S/C16H26O4/c1-3-14-5-7-15(8-6-14)16(17)13-20-12-11-19-10-4-9-18-2/h5-8,16-17H,3-4,9-13H2,1-2H3. The van der Waals surface area contributed by atoms with Crippen LogP contribution in [0.25, 0.3) is 0 Å². The van der Waals surface area contributed by atoms with Crippen molar-refractivity contribution in [3.05, 3.63) is 35.4 Å². The summed E-state index contributed by atoms with van der Waals surface area (Å²) in [5, 5.41) is 9.97. The van der Waals surface area contributed by atoms with Crippen molar-refractivity contribution in [3.63, 3.8) is 0 Å². The van der Waals surface area contributed by atoms with Crippen molar-refractivity contribution in [2.45, 2.75) is 25.9 Å². The average molecular weight is 282 g/mol. The first kappa shape index (κ1) is 17.1. The van der Waals surface area contributed by atoms with E-state index in [4.69, 9.17) is 14.2 Å². The summed E-state index contributed by atoms with van der Waals surface area (Å²) < 4.78 is 15.7. The van der Waals surface area contributed by atoms with E-state index in [-0.39, 0.29) is 0 Å². The zero-order valence-corrected chi connectivity index (χ0v) is 12.5. The SMILES string of the molecule is CCc1ccc(C(O)COCCOCCCOC)cc1. The zero-order chi connectivity index (χ0) is 14.6.